The maximum absolute atomic E-state index is 11.9. The molecule has 0 aromatic carbocycles. The van der Waals surface area contributed by atoms with Gasteiger partial charge in [0.05, 0.1) is 5.75 Å². The minimum Gasteiger partial charge on any atom is -0.396 e. The fraction of sp³-hybridized carbons (Fsp3) is 1.00. The number of nitrogens with zero attached hydrogens (tertiary/aromatic N) is 1. The first-order valence-electron chi connectivity index (χ1n) is 6.17. The maximum Gasteiger partial charge on any atom is 0.214 e. The molecule has 17 heavy (non-hydrogen) atoms. The van der Waals surface area contributed by atoms with E-state index in [9.17, 15) is 8.42 Å². The van der Waals surface area contributed by atoms with Crippen molar-refractivity contribution in [3.63, 3.8) is 0 Å². The quantitative estimate of drug-likeness (QED) is 0.679. The minimum atomic E-state index is -3.11. The lowest BCUT2D eigenvalue weighted by Gasteiger charge is -2.30. The zero-order valence-corrected chi connectivity index (χ0v) is 11.3. The number of ether oxygens (including phenoxy) is 1. The first-order valence-corrected chi connectivity index (χ1v) is 7.78. The molecule has 0 aliphatic carbocycles. The van der Waals surface area contributed by atoms with E-state index in [0.29, 0.717) is 31.8 Å². The highest BCUT2D eigenvalue weighted by atomic mass is 32.2. The lowest BCUT2D eigenvalue weighted by Crippen LogP contribution is -2.40. The Hall–Kier alpha value is -0.170. The molecule has 1 rings (SSSR count). The van der Waals surface area contributed by atoms with Gasteiger partial charge in [0.15, 0.2) is 0 Å². The molecule has 1 fully saturated rings. The topological polar surface area (TPSA) is 66.8 Å². The molecule has 0 aromatic rings. The third-order valence-corrected chi connectivity index (χ3v) is 5.14. The van der Waals surface area contributed by atoms with Crippen LogP contribution in [0.15, 0.2) is 0 Å². The van der Waals surface area contributed by atoms with E-state index in [1.807, 2.05) is 0 Å². The second kappa shape index (κ2) is 7.31. The van der Waals surface area contributed by atoms with E-state index in [1.165, 1.54) is 0 Å². The zero-order chi connectivity index (χ0) is 12.7. The number of sulfonamides is 1. The first-order chi connectivity index (χ1) is 8.10. The summed E-state index contributed by atoms with van der Waals surface area (Å²) in [6, 6.07) is 0. The van der Waals surface area contributed by atoms with Gasteiger partial charge in [0.25, 0.3) is 0 Å². The molecule has 0 atom stereocenters. The molecule has 0 aromatic heterocycles. The predicted octanol–water partition coefficient (Wildman–Crippen LogP) is 0.447. The zero-order valence-electron chi connectivity index (χ0n) is 10.5. The van der Waals surface area contributed by atoms with Crippen LogP contribution in [0.5, 0.6) is 0 Å². The molecule has 1 N–H and O–H groups in total. The fourth-order valence-electron chi connectivity index (χ4n) is 2.12. The van der Waals surface area contributed by atoms with Crippen LogP contribution in [-0.2, 0) is 14.8 Å². The van der Waals surface area contributed by atoms with Crippen LogP contribution >= 0.6 is 0 Å². The van der Waals surface area contributed by atoms with Crippen molar-refractivity contribution in [3.8, 4) is 0 Å². The summed E-state index contributed by atoms with van der Waals surface area (Å²) in [4.78, 5) is 0. The van der Waals surface area contributed by atoms with Crippen LogP contribution in [0.25, 0.3) is 0 Å². The summed E-state index contributed by atoms with van der Waals surface area (Å²) in [5, 5.41) is 8.64. The number of methoxy groups -OCH3 is 1. The van der Waals surface area contributed by atoms with Gasteiger partial charge in [-0.25, -0.2) is 12.7 Å². The van der Waals surface area contributed by atoms with E-state index in [2.05, 4.69) is 0 Å². The number of unbranched alkanes of at least 4 members (excludes halogenated alkanes) is 1. The molecule has 0 spiro atoms. The minimum absolute atomic E-state index is 0.0609. The molecule has 0 amide bonds. The molecule has 0 bridgehead atoms. The van der Waals surface area contributed by atoms with Gasteiger partial charge in [-0.15, -0.1) is 0 Å². The number of hydrogen-bond acceptors (Lipinski definition) is 4. The van der Waals surface area contributed by atoms with Gasteiger partial charge in [-0.3, -0.25) is 0 Å². The van der Waals surface area contributed by atoms with E-state index < -0.39 is 10.0 Å². The van der Waals surface area contributed by atoms with E-state index in [0.717, 1.165) is 19.4 Å². The number of rotatable bonds is 7. The lowest BCUT2D eigenvalue weighted by molar-refractivity contribution is 0.121. The van der Waals surface area contributed by atoms with Crippen LogP contribution in [0.3, 0.4) is 0 Å². The second-order valence-corrected chi connectivity index (χ2v) is 6.63. The summed E-state index contributed by atoms with van der Waals surface area (Å²) in [7, 11) is -1.43. The first kappa shape index (κ1) is 14.9. The SMILES string of the molecule is COCC1CCN(S(=O)(=O)CCCCO)CC1. The fourth-order valence-corrected chi connectivity index (χ4v) is 3.71. The number of piperidine rings is 1. The molecular weight excluding hydrogens is 242 g/mol. The summed E-state index contributed by atoms with van der Waals surface area (Å²) in [6.45, 7) is 1.99. The Bertz CT molecular complexity index is 297. The van der Waals surface area contributed by atoms with Crippen molar-refractivity contribution < 1.29 is 18.3 Å². The summed E-state index contributed by atoms with van der Waals surface area (Å²) in [5.41, 5.74) is 0. The normalized spacial score (nSPS) is 19.6. The molecule has 5 nitrogen and oxygen atoms in total. The third kappa shape index (κ3) is 4.91. The highest BCUT2D eigenvalue weighted by Crippen LogP contribution is 2.20. The van der Waals surface area contributed by atoms with Crippen molar-refractivity contribution in [1.29, 1.82) is 0 Å². The summed E-state index contributed by atoms with van der Waals surface area (Å²) in [5.74, 6) is 0.645. The molecular formula is C11H23NO4S. The van der Waals surface area contributed by atoms with Gasteiger partial charge in [-0.05, 0) is 31.6 Å². The molecule has 1 heterocycles. The van der Waals surface area contributed by atoms with Gasteiger partial charge in [0.1, 0.15) is 0 Å². The molecule has 1 aliphatic heterocycles. The van der Waals surface area contributed by atoms with E-state index >= 15 is 0 Å². The third-order valence-electron chi connectivity index (χ3n) is 3.18. The molecule has 0 saturated carbocycles. The van der Waals surface area contributed by atoms with Crippen LogP contribution < -0.4 is 0 Å². The molecule has 0 unspecified atom stereocenters. The largest absolute Gasteiger partial charge is 0.396 e. The monoisotopic (exact) mass is 265 g/mol. The standard InChI is InChI=1S/C11H23NO4S/c1-16-10-11-4-6-12(7-5-11)17(14,15)9-3-2-8-13/h11,13H,2-10H2,1H3. The van der Waals surface area contributed by atoms with Crippen molar-refractivity contribution in [1.82, 2.24) is 4.31 Å². The smallest absolute Gasteiger partial charge is 0.214 e. The van der Waals surface area contributed by atoms with Crippen molar-refractivity contribution >= 4 is 10.0 Å². The average Bonchev–Trinajstić information content (AvgIpc) is 2.30. The van der Waals surface area contributed by atoms with Crippen LogP contribution in [-0.4, -0.2) is 57.0 Å². The van der Waals surface area contributed by atoms with Crippen molar-refractivity contribution in [2.45, 2.75) is 25.7 Å². The summed E-state index contributed by atoms with van der Waals surface area (Å²) < 4.78 is 30.5. The summed E-state index contributed by atoms with van der Waals surface area (Å²) in [6.07, 6.45) is 2.86. The van der Waals surface area contributed by atoms with Gasteiger partial charge < -0.3 is 9.84 Å². The molecule has 1 saturated heterocycles. The molecule has 1 aliphatic rings. The van der Waals surface area contributed by atoms with Gasteiger partial charge in [0, 0.05) is 33.4 Å². The molecule has 102 valence electrons. The Morgan fingerprint density at radius 3 is 2.47 bits per heavy atom. The van der Waals surface area contributed by atoms with Gasteiger partial charge in [-0.2, -0.15) is 0 Å². The van der Waals surface area contributed by atoms with E-state index in [-0.39, 0.29) is 12.4 Å². The lowest BCUT2D eigenvalue weighted by atomic mass is 9.99. The molecule has 6 heteroatoms. The van der Waals surface area contributed by atoms with Gasteiger partial charge >= 0.3 is 0 Å². The Labute approximate surface area is 104 Å². The van der Waals surface area contributed by atoms with Crippen LogP contribution in [0.4, 0.5) is 0 Å². The second-order valence-electron chi connectivity index (χ2n) is 4.54. The van der Waals surface area contributed by atoms with E-state index in [4.69, 9.17) is 9.84 Å². The Kier molecular flexibility index (Phi) is 6.40. The van der Waals surface area contributed by atoms with Crippen LogP contribution in [0.1, 0.15) is 25.7 Å². The van der Waals surface area contributed by atoms with Crippen LogP contribution in [0.2, 0.25) is 0 Å². The average molecular weight is 265 g/mol. The highest BCUT2D eigenvalue weighted by Gasteiger charge is 2.27. The van der Waals surface area contributed by atoms with Gasteiger partial charge in [-0.1, -0.05) is 0 Å². The molecule has 0 radical (unpaired) electrons. The predicted molar refractivity (Wildman–Crippen MR) is 66.3 cm³/mol. The highest BCUT2D eigenvalue weighted by molar-refractivity contribution is 7.89. The van der Waals surface area contributed by atoms with Gasteiger partial charge in [0.2, 0.25) is 10.0 Å². The van der Waals surface area contributed by atoms with Crippen molar-refractivity contribution in [3.05, 3.63) is 0 Å². The van der Waals surface area contributed by atoms with Crippen molar-refractivity contribution in [2.75, 3.05) is 39.2 Å². The van der Waals surface area contributed by atoms with E-state index in [1.54, 1.807) is 11.4 Å². The Balaban J connectivity index is 2.36. The number of aliphatic hydroxyl groups excluding tert-OH is 1. The number of hydrogen-bond donors (Lipinski definition) is 1. The van der Waals surface area contributed by atoms with Crippen LogP contribution in [0, 0.1) is 5.92 Å². The maximum atomic E-state index is 11.9. The Morgan fingerprint density at radius 2 is 1.94 bits per heavy atom. The number of aliphatic hydroxyl groups is 1. The summed E-state index contributed by atoms with van der Waals surface area (Å²) >= 11 is 0. The van der Waals surface area contributed by atoms with Crippen molar-refractivity contribution in [2.24, 2.45) is 5.92 Å². The Morgan fingerprint density at radius 1 is 1.29 bits per heavy atom.